The molecule has 0 aromatic heterocycles. The van der Waals surface area contributed by atoms with Crippen molar-refractivity contribution in [2.45, 2.75) is 69.4 Å². The van der Waals surface area contributed by atoms with Gasteiger partial charge in [0.2, 0.25) is 11.8 Å². The van der Waals surface area contributed by atoms with Gasteiger partial charge in [-0.1, -0.05) is 67.8 Å². The van der Waals surface area contributed by atoms with Crippen LogP contribution in [-0.2, 0) is 26.0 Å². The quantitative estimate of drug-likeness (QED) is 0.246. The lowest BCUT2D eigenvalue weighted by Gasteiger charge is -2.33. The smallest absolute Gasteiger partial charge is 0.264 e. The molecule has 230 valence electrons. The lowest BCUT2D eigenvalue weighted by atomic mass is 10.1. The van der Waals surface area contributed by atoms with Crippen molar-refractivity contribution in [1.82, 2.24) is 10.2 Å². The number of amides is 2. The largest absolute Gasteiger partial charge is 0.496 e. The van der Waals surface area contributed by atoms with Gasteiger partial charge in [-0.15, -0.1) is 0 Å². The highest BCUT2D eigenvalue weighted by Crippen LogP contribution is 2.31. The average molecular weight is 671 g/mol. The zero-order valence-corrected chi connectivity index (χ0v) is 27.4. The van der Waals surface area contributed by atoms with Gasteiger partial charge < -0.3 is 15.0 Å². The first-order chi connectivity index (χ1) is 20.6. The second-order valence-electron chi connectivity index (χ2n) is 10.9. The fourth-order valence-electron chi connectivity index (χ4n) is 5.44. The standard InChI is InChI=1S/C33H40BrN3O5S/c1-4-30(33(39)35-26-12-8-9-13-26)36(21-20-25-10-6-5-7-11-25)32(38)23-37(27-16-14-24(2)15-17-27)43(40,41)28-18-19-31(42-3)29(34)22-28/h5-7,10-11,14-19,22,26,30H,4,8-9,12-13,20-21,23H2,1-3H3,(H,35,39)/t30-/m1/s1. The van der Waals surface area contributed by atoms with Crippen molar-refractivity contribution in [2.75, 3.05) is 24.5 Å². The molecule has 0 saturated heterocycles. The molecule has 0 heterocycles. The Morgan fingerprint density at radius 3 is 2.30 bits per heavy atom. The van der Waals surface area contributed by atoms with Crippen LogP contribution in [-0.4, -0.2) is 57.4 Å². The number of hydrogen-bond donors (Lipinski definition) is 1. The maximum Gasteiger partial charge on any atom is 0.264 e. The third kappa shape index (κ3) is 8.17. The molecule has 3 aromatic carbocycles. The van der Waals surface area contributed by atoms with E-state index in [4.69, 9.17) is 4.74 Å². The summed E-state index contributed by atoms with van der Waals surface area (Å²) in [4.78, 5) is 29.3. The number of nitrogens with one attached hydrogen (secondary N) is 1. The Hall–Kier alpha value is -3.37. The molecule has 4 rings (SSSR count). The molecule has 1 fully saturated rings. The van der Waals surface area contributed by atoms with E-state index in [-0.39, 0.29) is 23.4 Å². The summed E-state index contributed by atoms with van der Waals surface area (Å²) in [6.45, 7) is 3.60. The molecule has 0 radical (unpaired) electrons. The number of benzene rings is 3. The van der Waals surface area contributed by atoms with Crippen LogP contribution in [0.25, 0.3) is 0 Å². The lowest BCUT2D eigenvalue weighted by molar-refractivity contribution is -0.139. The summed E-state index contributed by atoms with van der Waals surface area (Å²) >= 11 is 3.38. The first kappa shape index (κ1) is 32.5. The van der Waals surface area contributed by atoms with Crippen LogP contribution in [0.1, 0.15) is 50.2 Å². The van der Waals surface area contributed by atoms with Crippen molar-refractivity contribution in [3.8, 4) is 5.75 Å². The van der Waals surface area contributed by atoms with Crippen LogP contribution >= 0.6 is 15.9 Å². The maximum absolute atomic E-state index is 14.2. The summed E-state index contributed by atoms with van der Waals surface area (Å²) in [6, 6.07) is 20.6. The number of anilines is 1. The molecule has 3 aromatic rings. The molecule has 1 aliphatic rings. The second-order valence-corrected chi connectivity index (χ2v) is 13.6. The first-order valence-corrected chi connectivity index (χ1v) is 16.9. The topological polar surface area (TPSA) is 96.0 Å². The van der Waals surface area contributed by atoms with Gasteiger partial charge >= 0.3 is 0 Å². The molecule has 0 unspecified atom stereocenters. The average Bonchev–Trinajstić information content (AvgIpc) is 3.51. The molecule has 0 aliphatic heterocycles. The number of rotatable bonds is 13. The minimum absolute atomic E-state index is 0.00963. The van der Waals surface area contributed by atoms with Crippen LogP contribution in [0.3, 0.4) is 0 Å². The molecule has 0 spiro atoms. The minimum atomic E-state index is -4.18. The molecule has 1 saturated carbocycles. The van der Waals surface area contributed by atoms with Gasteiger partial charge in [-0.25, -0.2) is 8.42 Å². The van der Waals surface area contributed by atoms with E-state index in [0.717, 1.165) is 41.1 Å². The monoisotopic (exact) mass is 669 g/mol. The van der Waals surface area contributed by atoms with Crippen molar-refractivity contribution in [2.24, 2.45) is 0 Å². The number of halogens is 1. The Bertz CT molecular complexity index is 1490. The van der Waals surface area contributed by atoms with Gasteiger partial charge in [0.15, 0.2) is 0 Å². The number of carbonyl (C=O) groups is 2. The number of nitrogens with zero attached hydrogens (tertiary/aromatic N) is 2. The number of hydrogen-bond acceptors (Lipinski definition) is 5. The van der Waals surface area contributed by atoms with Gasteiger partial charge in [0.1, 0.15) is 18.3 Å². The van der Waals surface area contributed by atoms with E-state index >= 15 is 0 Å². The van der Waals surface area contributed by atoms with E-state index in [9.17, 15) is 18.0 Å². The Morgan fingerprint density at radius 1 is 1.02 bits per heavy atom. The summed E-state index contributed by atoms with van der Waals surface area (Å²) in [5.41, 5.74) is 2.34. The lowest BCUT2D eigenvalue weighted by Crippen LogP contribution is -2.54. The van der Waals surface area contributed by atoms with Crippen molar-refractivity contribution in [1.29, 1.82) is 0 Å². The van der Waals surface area contributed by atoms with Crippen molar-refractivity contribution in [3.63, 3.8) is 0 Å². The van der Waals surface area contributed by atoms with E-state index in [1.165, 1.54) is 19.2 Å². The third-order valence-electron chi connectivity index (χ3n) is 7.88. The Labute approximate surface area is 263 Å². The van der Waals surface area contributed by atoms with Crippen LogP contribution in [0.2, 0.25) is 0 Å². The van der Waals surface area contributed by atoms with Crippen LogP contribution < -0.4 is 14.4 Å². The fourth-order valence-corrected chi connectivity index (χ4v) is 7.57. The van der Waals surface area contributed by atoms with Crippen molar-refractivity contribution in [3.05, 3.63) is 88.4 Å². The zero-order valence-electron chi connectivity index (χ0n) is 25.0. The first-order valence-electron chi connectivity index (χ1n) is 14.7. The van der Waals surface area contributed by atoms with Crippen LogP contribution in [0.5, 0.6) is 5.75 Å². The second kappa shape index (κ2) is 14.9. The molecular weight excluding hydrogens is 630 g/mol. The molecular formula is C33H40BrN3O5S. The maximum atomic E-state index is 14.2. The van der Waals surface area contributed by atoms with Gasteiger partial charge in [-0.05, 0) is 84.4 Å². The SMILES string of the molecule is CC[C@H](C(=O)NC1CCCC1)N(CCc1ccccc1)C(=O)CN(c1ccc(C)cc1)S(=O)(=O)c1ccc(OC)c(Br)c1. The number of methoxy groups -OCH3 is 1. The van der Waals surface area contributed by atoms with Crippen LogP contribution in [0.15, 0.2) is 82.2 Å². The normalized spacial score (nSPS) is 14.2. The number of carbonyl (C=O) groups excluding carboxylic acids is 2. The third-order valence-corrected chi connectivity index (χ3v) is 10.3. The Morgan fingerprint density at radius 2 is 1.70 bits per heavy atom. The number of aryl methyl sites for hydroxylation is 1. The summed E-state index contributed by atoms with van der Waals surface area (Å²) < 4.78 is 35.1. The fraction of sp³-hybridized carbons (Fsp3) is 0.394. The van der Waals surface area contributed by atoms with Crippen molar-refractivity contribution < 1.29 is 22.7 Å². The zero-order chi connectivity index (χ0) is 31.0. The predicted molar refractivity (Wildman–Crippen MR) is 173 cm³/mol. The van der Waals surface area contributed by atoms with E-state index < -0.39 is 28.5 Å². The van der Waals surface area contributed by atoms with E-state index in [1.807, 2.05) is 56.3 Å². The molecule has 8 nitrogen and oxygen atoms in total. The molecule has 43 heavy (non-hydrogen) atoms. The van der Waals surface area contributed by atoms with Crippen molar-refractivity contribution >= 4 is 43.5 Å². The van der Waals surface area contributed by atoms with Gasteiger partial charge in [-0.3, -0.25) is 13.9 Å². The van der Waals surface area contributed by atoms with Crippen LogP contribution in [0, 0.1) is 6.92 Å². The molecule has 1 aliphatic carbocycles. The highest BCUT2D eigenvalue weighted by molar-refractivity contribution is 9.10. The highest BCUT2D eigenvalue weighted by atomic mass is 79.9. The summed E-state index contributed by atoms with van der Waals surface area (Å²) in [6.07, 6.45) is 4.94. The summed E-state index contributed by atoms with van der Waals surface area (Å²) in [5, 5.41) is 3.15. The molecule has 2 amide bonds. The molecule has 10 heteroatoms. The van der Waals surface area contributed by atoms with Crippen LogP contribution in [0.4, 0.5) is 5.69 Å². The Kier molecular flexibility index (Phi) is 11.3. The molecule has 0 bridgehead atoms. The summed E-state index contributed by atoms with van der Waals surface area (Å²) in [7, 11) is -2.68. The summed E-state index contributed by atoms with van der Waals surface area (Å²) in [5.74, 6) is -0.149. The predicted octanol–water partition coefficient (Wildman–Crippen LogP) is 5.87. The Balaban J connectivity index is 1.69. The van der Waals surface area contributed by atoms with E-state index in [0.29, 0.717) is 28.8 Å². The van der Waals surface area contributed by atoms with E-state index in [2.05, 4.69) is 21.2 Å². The van der Waals surface area contributed by atoms with Gasteiger partial charge in [0, 0.05) is 12.6 Å². The molecule has 1 N–H and O–H groups in total. The minimum Gasteiger partial charge on any atom is -0.496 e. The highest BCUT2D eigenvalue weighted by Gasteiger charge is 2.34. The van der Waals surface area contributed by atoms with Gasteiger partial charge in [0.25, 0.3) is 10.0 Å². The van der Waals surface area contributed by atoms with Gasteiger partial charge in [-0.2, -0.15) is 0 Å². The van der Waals surface area contributed by atoms with Gasteiger partial charge in [0.05, 0.1) is 22.2 Å². The molecule has 1 atom stereocenters. The number of sulfonamides is 1. The number of ether oxygens (including phenoxy) is 1. The van der Waals surface area contributed by atoms with E-state index in [1.54, 1.807) is 23.1 Å².